The molecule has 8 heteroatoms. The molecule has 196 valence electrons. The predicted molar refractivity (Wildman–Crippen MR) is 146 cm³/mol. The monoisotopic (exact) mass is 522 g/mol. The molecule has 1 aliphatic rings. The van der Waals surface area contributed by atoms with E-state index in [1.165, 1.54) is 12.1 Å². The Morgan fingerprint density at radius 1 is 1.10 bits per heavy atom. The summed E-state index contributed by atoms with van der Waals surface area (Å²) in [7, 11) is 1.91. The number of nitrogens with zero attached hydrogens (tertiary/aromatic N) is 2. The van der Waals surface area contributed by atoms with Gasteiger partial charge in [0.15, 0.2) is 0 Å². The lowest BCUT2D eigenvalue weighted by atomic mass is 9.95. The third-order valence-corrected chi connectivity index (χ3v) is 7.39. The largest absolute Gasteiger partial charge is 0.460 e. The minimum Gasteiger partial charge on any atom is -0.460 e. The number of nitrogens with one attached hydrogen (secondary N) is 1. The molecular formula is C31H27FN4O3. The van der Waals surface area contributed by atoms with E-state index in [1.54, 1.807) is 24.5 Å². The maximum atomic E-state index is 13.4. The number of hydrogen-bond donors (Lipinski definition) is 2. The first-order valence-electron chi connectivity index (χ1n) is 12.7. The summed E-state index contributed by atoms with van der Waals surface area (Å²) in [6.45, 7) is 1.97. The van der Waals surface area contributed by atoms with E-state index in [2.05, 4.69) is 10.3 Å². The number of fused-ring (bicyclic) bond motifs is 1. The minimum atomic E-state index is -0.600. The smallest absolute Gasteiger partial charge is 0.252 e. The third kappa shape index (κ3) is 4.58. The van der Waals surface area contributed by atoms with Gasteiger partial charge in [0.2, 0.25) is 0 Å². The van der Waals surface area contributed by atoms with Gasteiger partial charge in [0.05, 0.1) is 23.1 Å². The predicted octanol–water partition coefficient (Wildman–Crippen LogP) is 5.39. The van der Waals surface area contributed by atoms with Gasteiger partial charge in [-0.05, 0) is 78.4 Å². The van der Waals surface area contributed by atoms with Gasteiger partial charge < -0.3 is 20.0 Å². The Labute approximate surface area is 224 Å². The number of aryl methyl sites for hydroxylation is 2. The van der Waals surface area contributed by atoms with Crippen molar-refractivity contribution in [2.45, 2.75) is 31.7 Å². The third-order valence-electron chi connectivity index (χ3n) is 7.39. The van der Waals surface area contributed by atoms with E-state index in [4.69, 9.17) is 10.2 Å². The van der Waals surface area contributed by atoms with Gasteiger partial charge in [-0.1, -0.05) is 24.3 Å². The quantitative estimate of drug-likeness (QED) is 0.299. The Kier molecular flexibility index (Phi) is 5.83. The summed E-state index contributed by atoms with van der Waals surface area (Å²) in [4.78, 5) is 30.2. The maximum absolute atomic E-state index is 13.4. The second kappa shape index (κ2) is 9.23. The fourth-order valence-corrected chi connectivity index (χ4v) is 5.09. The number of halogens is 1. The average Bonchev–Trinajstić information content (AvgIpc) is 3.39. The summed E-state index contributed by atoms with van der Waals surface area (Å²) in [5, 5.41) is 3.78. The van der Waals surface area contributed by atoms with Crippen LogP contribution in [0.5, 0.6) is 0 Å². The van der Waals surface area contributed by atoms with Crippen LogP contribution < -0.4 is 11.1 Å². The van der Waals surface area contributed by atoms with Crippen LogP contribution in [0.1, 0.15) is 56.1 Å². The molecule has 6 rings (SSSR count). The fraction of sp³-hybridized carbons (Fsp3) is 0.194. The first-order chi connectivity index (χ1) is 18.7. The molecule has 3 aromatic carbocycles. The number of rotatable bonds is 7. The van der Waals surface area contributed by atoms with Crippen LogP contribution in [0.25, 0.3) is 22.1 Å². The Bertz CT molecular complexity index is 1750. The number of carbonyl (C=O) groups excluding carboxylic acids is 2. The molecule has 0 spiro atoms. The number of carbonyl (C=O) groups is 2. The van der Waals surface area contributed by atoms with Gasteiger partial charge in [-0.3, -0.25) is 9.59 Å². The van der Waals surface area contributed by atoms with Gasteiger partial charge in [0.25, 0.3) is 11.8 Å². The van der Waals surface area contributed by atoms with Crippen molar-refractivity contribution in [2.75, 3.05) is 0 Å². The molecule has 0 bridgehead atoms. The second-order valence-electron chi connectivity index (χ2n) is 10.3. The summed E-state index contributed by atoms with van der Waals surface area (Å²) < 4.78 is 21.2. The number of aromatic nitrogens is 2. The molecule has 3 N–H and O–H groups in total. The van der Waals surface area contributed by atoms with Crippen molar-refractivity contribution in [2.24, 2.45) is 12.8 Å². The first-order valence-corrected chi connectivity index (χ1v) is 12.7. The number of hydrogen-bond acceptors (Lipinski definition) is 4. The zero-order valence-electron chi connectivity index (χ0n) is 21.6. The fourth-order valence-electron chi connectivity index (χ4n) is 5.09. The number of benzene rings is 3. The Hall–Kier alpha value is -4.72. The van der Waals surface area contributed by atoms with Crippen molar-refractivity contribution in [1.82, 2.24) is 14.9 Å². The summed E-state index contributed by atoms with van der Waals surface area (Å²) in [5.74, 6) is -0.672. The van der Waals surface area contributed by atoms with Crippen LogP contribution in [0.4, 0.5) is 4.39 Å². The summed E-state index contributed by atoms with van der Waals surface area (Å²) in [5.41, 5.74) is 11.1. The Morgan fingerprint density at radius 2 is 1.87 bits per heavy atom. The van der Waals surface area contributed by atoms with Crippen LogP contribution in [0.15, 0.2) is 77.6 Å². The number of amides is 2. The van der Waals surface area contributed by atoms with E-state index in [-0.39, 0.29) is 11.7 Å². The van der Waals surface area contributed by atoms with E-state index >= 15 is 0 Å². The highest BCUT2D eigenvalue weighted by Gasteiger charge is 2.47. The average molecular weight is 523 g/mol. The second-order valence-corrected chi connectivity index (χ2v) is 10.3. The maximum Gasteiger partial charge on any atom is 0.252 e. The van der Waals surface area contributed by atoms with Crippen molar-refractivity contribution in [3.05, 3.63) is 113 Å². The van der Waals surface area contributed by atoms with Crippen LogP contribution in [-0.2, 0) is 19.0 Å². The van der Waals surface area contributed by atoms with Crippen LogP contribution in [-0.4, -0.2) is 21.4 Å². The summed E-state index contributed by atoms with van der Waals surface area (Å²) >= 11 is 0. The molecule has 0 radical (unpaired) electrons. The van der Waals surface area contributed by atoms with Crippen molar-refractivity contribution in [3.8, 4) is 11.1 Å². The van der Waals surface area contributed by atoms with Crippen LogP contribution in [0.3, 0.4) is 0 Å². The summed E-state index contributed by atoms with van der Waals surface area (Å²) in [6, 6.07) is 17.2. The highest BCUT2D eigenvalue weighted by molar-refractivity contribution is 6.07. The molecule has 5 aromatic rings. The van der Waals surface area contributed by atoms with E-state index in [1.807, 2.05) is 55.1 Å². The zero-order chi connectivity index (χ0) is 27.3. The number of nitrogens with two attached hydrogens (primary N) is 1. The molecule has 1 aliphatic carbocycles. The molecule has 0 aliphatic heterocycles. The normalized spacial score (nSPS) is 13.9. The van der Waals surface area contributed by atoms with Crippen LogP contribution >= 0.6 is 0 Å². The molecule has 0 saturated heterocycles. The Morgan fingerprint density at radius 3 is 2.54 bits per heavy atom. The lowest BCUT2D eigenvalue weighted by molar-refractivity contribution is 0.0929. The molecule has 2 aromatic heterocycles. The molecule has 2 amide bonds. The first kappa shape index (κ1) is 24.6. The molecule has 0 unspecified atom stereocenters. The lowest BCUT2D eigenvalue weighted by Crippen LogP contribution is -2.35. The van der Waals surface area contributed by atoms with E-state index in [0.717, 1.165) is 40.8 Å². The highest BCUT2D eigenvalue weighted by Crippen LogP contribution is 2.45. The summed E-state index contributed by atoms with van der Waals surface area (Å²) in [6.07, 6.45) is 5.68. The van der Waals surface area contributed by atoms with Gasteiger partial charge in [0.1, 0.15) is 17.2 Å². The number of imidazole rings is 1. The van der Waals surface area contributed by atoms with Crippen molar-refractivity contribution in [1.29, 1.82) is 0 Å². The van der Waals surface area contributed by atoms with Gasteiger partial charge in [-0.2, -0.15) is 0 Å². The van der Waals surface area contributed by atoms with Gasteiger partial charge >= 0.3 is 0 Å². The zero-order valence-corrected chi connectivity index (χ0v) is 21.6. The number of furan rings is 1. The van der Waals surface area contributed by atoms with Crippen molar-refractivity contribution in [3.63, 3.8) is 0 Å². The van der Waals surface area contributed by atoms with Gasteiger partial charge in [-0.25, -0.2) is 9.37 Å². The molecule has 1 saturated carbocycles. The lowest BCUT2D eigenvalue weighted by Gasteiger charge is -2.16. The standard InChI is InChI=1S/C31H27FN4O3/c1-18-3-6-21(30(38)35-31(11-12-31)27-16-36(2)17-34-27)15-23(18)20-7-10-25-24(14-20)28(29(33)37)26(39-25)13-19-4-8-22(32)9-5-19/h3-10,14-17H,11-13H2,1-2H3,(H2,33,37)(H,35,38). The van der Waals surface area contributed by atoms with Crippen LogP contribution in [0, 0.1) is 12.7 Å². The van der Waals surface area contributed by atoms with Gasteiger partial charge in [0, 0.05) is 30.6 Å². The number of primary amides is 1. The van der Waals surface area contributed by atoms with E-state index < -0.39 is 11.4 Å². The molecule has 2 heterocycles. The van der Waals surface area contributed by atoms with Crippen LogP contribution in [0.2, 0.25) is 0 Å². The van der Waals surface area contributed by atoms with Gasteiger partial charge in [-0.15, -0.1) is 0 Å². The van der Waals surface area contributed by atoms with E-state index in [9.17, 15) is 14.0 Å². The Balaban J connectivity index is 1.33. The molecule has 1 fully saturated rings. The molecular weight excluding hydrogens is 495 g/mol. The van der Waals surface area contributed by atoms with Crippen molar-refractivity contribution < 1.29 is 18.4 Å². The van der Waals surface area contributed by atoms with E-state index in [0.29, 0.717) is 34.3 Å². The van der Waals surface area contributed by atoms with Crippen molar-refractivity contribution >= 4 is 22.8 Å². The molecule has 7 nitrogen and oxygen atoms in total. The SMILES string of the molecule is Cc1ccc(C(=O)NC2(c3cn(C)cn3)CC2)cc1-c1ccc2oc(Cc3ccc(F)cc3)c(C(N)=O)c2c1. The molecule has 0 atom stereocenters. The highest BCUT2D eigenvalue weighted by atomic mass is 19.1. The molecule has 39 heavy (non-hydrogen) atoms. The minimum absolute atomic E-state index is 0.164. The topological polar surface area (TPSA) is 103 Å².